The van der Waals surface area contributed by atoms with E-state index in [-0.39, 0.29) is 0 Å². The van der Waals surface area contributed by atoms with Crippen molar-refractivity contribution in [2.75, 3.05) is 13.2 Å². The predicted molar refractivity (Wildman–Crippen MR) is 48.2 cm³/mol. The third-order valence-electron chi connectivity index (χ3n) is 2.38. The fourth-order valence-electron chi connectivity index (χ4n) is 1.67. The lowest BCUT2D eigenvalue weighted by molar-refractivity contribution is -0.677. The summed E-state index contributed by atoms with van der Waals surface area (Å²) in [6.07, 6.45) is 4.62. The SMILES string of the molecule is c1coc(C[NH2+]C[C@H]2CCCO2)c1. The van der Waals surface area contributed by atoms with Crippen molar-refractivity contribution in [2.24, 2.45) is 0 Å². The number of furan rings is 1. The molecule has 3 nitrogen and oxygen atoms in total. The Labute approximate surface area is 78.1 Å². The van der Waals surface area contributed by atoms with Gasteiger partial charge in [-0.25, -0.2) is 0 Å². The second-order valence-corrected chi connectivity index (χ2v) is 3.44. The van der Waals surface area contributed by atoms with Crippen LogP contribution in [-0.2, 0) is 11.3 Å². The van der Waals surface area contributed by atoms with E-state index in [1.54, 1.807) is 6.26 Å². The van der Waals surface area contributed by atoms with Gasteiger partial charge in [0.25, 0.3) is 0 Å². The van der Waals surface area contributed by atoms with E-state index in [1.165, 1.54) is 12.8 Å². The number of hydrogen-bond acceptors (Lipinski definition) is 2. The Morgan fingerprint density at radius 2 is 2.54 bits per heavy atom. The molecule has 1 atom stereocenters. The Balaban J connectivity index is 1.63. The molecule has 2 heterocycles. The number of hydrogen-bond donors (Lipinski definition) is 1. The smallest absolute Gasteiger partial charge is 0.157 e. The Morgan fingerprint density at radius 3 is 3.23 bits per heavy atom. The summed E-state index contributed by atoms with van der Waals surface area (Å²) >= 11 is 0. The summed E-state index contributed by atoms with van der Waals surface area (Å²) in [7, 11) is 0. The maximum atomic E-state index is 5.51. The average molecular weight is 182 g/mol. The van der Waals surface area contributed by atoms with Gasteiger partial charge in [-0.15, -0.1) is 0 Å². The van der Waals surface area contributed by atoms with Crippen molar-refractivity contribution >= 4 is 0 Å². The Bertz CT molecular complexity index is 227. The van der Waals surface area contributed by atoms with Gasteiger partial charge in [0.15, 0.2) is 5.76 Å². The van der Waals surface area contributed by atoms with E-state index in [1.807, 2.05) is 12.1 Å². The number of rotatable bonds is 4. The molecule has 1 aliphatic heterocycles. The lowest BCUT2D eigenvalue weighted by Gasteiger charge is -2.06. The highest BCUT2D eigenvalue weighted by Crippen LogP contribution is 2.09. The molecule has 0 saturated carbocycles. The molecule has 1 saturated heterocycles. The van der Waals surface area contributed by atoms with Gasteiger partial charge in [0.05, 0.1) is 6.26 Å². The molecule has 0 aromatic carbocycles. The van der Waals surface area contributed by atoms with Gasteiger partial charge in [0, 0.05) is 6.61 Å². The van der Waals surface area contributed by atoms with E-state index < -0.39 is 0 Å². The summed E-state index contributed by atoms with van der Waals surface area (Å²) in [5, 5.41) is 2.24. The summed E-state index contributed by atoms with van der Waals surface area (Å²) < 4.78 is 10.7. The summed E-state index contributed by atoms with van der Waals surface area (Å²) in [5.41, 5.74) is 0. The zero-order valence-corrected chi connectivity index (χ0v) is 7.74. The Morgan fingerprint density at radius 1 is 1.54 bits per heavy atom. The quantitative estimate of drug-likeness (QED) is 0.737. The van der Waals surface area contributed by atoms with Crippen LogP contribution in [-0.4, -0.2) is 19.3 Å². The van der Waals surface area contributed by atoms with Crippen molar-refractivity contribution in [3.8, 4) is 0 Å². The molecule has 13 heavy (non-hydrogen) atoms. The summed E-state index contributed by atoms with van der Waals surface area (Å²) in [5.74, 6) is 1.04. The first-order valence-electron chi connectivity index (χ1n) is 4.91. The minimum absolute atomic E-state index is 0.468. The first kappa shape index (κ1) is 8.78. The molecule has 0 amide bonds. The molecule has 2 N–H and O–H groups in total. The maximum Gasteiger partial charge on any atom is 0.157 e. The number of ether oxygens (including phenoxy) is 1. The highest BCUT2D eigenvalue weighted by atomic mass is 16.5. The van der Waals surface area contributed by atoms with Crippen LogP contribution in [0.2, 0.25) is 0 Å². The van der Waals surface area contributed by atoms with Crippen LogP contribution in [0.25, 0.3) is 0 Å². The second kappa shape index (κ2) is 4.44. The first-order valence-corrected chi connectivity index (χ1v) is 4.91. The van der Waals surface area contributed by atoms with E-state index in [0.717, 1.165) is 25.5 Å². The molecule has 0 aliphatic carbocycles. The summed E-state index contributed by atoms with van der Waals surface area (Å²) in [6.45, 7) is 2.92. The first-order chi connectivity index (χ1) is 6.45. The van der Waals surface area contributed by atoms with Gasteiger partial charge < -0.3 is 14.5 Å². The van der Waals surface area contributed by atoms with Crippen LogP contribution in [0.1, 0.15) is 18.6 Å². The molecule has 0 radical (unpaired) electrons. The van der Waals surface area contributed by atoms with E-state index in [0.29, 0.717) is 6.10 Å². The number of quaternary nitrogens is 1. The van der Waals surface area contributed by atoms with Crippen LogP contribution < -0.4 is 5.32 Å². The zero-order valence-electron chi connectivity index (χ0n) is 7.74. The van der Waals surface area contributed by atoms with Gasteiger partial charge in [-0.3, -0.25) is 0 Å². The topological polar surface area (TPSA) is 39.0 Å². The largest absolute Gasteiger partial charge is 0.463 e. The number of nitrogens with two attached hydrogens (primary N) is 1. The highest BCUT2D eigenvalue weighted by molar-refractivity contribution is 4.95. The van der Waals surface area contributed by atoms with Gasteiger partial charge in [-0.1, -0.05) is 0 Å². The van der Waals surface area contributed by atoms with Crippen molar-refractivity contribution < 1.29 is 14.5 Å². The zero-order chi connectivity index (χ0) is 8.93. The van der Waals surface area contributed by atoms with Gasteiger partial charge in [-0.2, -0.15) is 0 Å². The lowest BCUT2D eigenvalue weighted by atomic mass is 10.2. The Kier molecular flexibility index (Phi) is 3.00. The molecular weight excluding hydrogens is 166 g/mol. The molecule has 1 aliphatic rings. The molecule has 1 aromatic rings. The van der Waals surface area contributed by atoms with Crippen LogP contribution >= 0.6 is 0 Å². The minimum atomic E-state index is 0.468. The van der Waals surface area contributed by atoms with Crippen LogP contribution in [0.3, 0.4) is 0 Å². The molecule has 2 rings (SSSR count). The predicted octanol–water partition coefficient (Wildman–Crippen LogP) is 0.522. The monoisotopic (exact) mass is 182 g/mol. The van der Waals surface area contributed by atoms with E-state index >= 15 is 0 Å². The van der Waals surface area contributed by atoms with E-state index in [2.05, 4.69) is 5.32 Å². The second-order valence-electron chi connectivity index (χ2n) is 3.44. The van der Waals surface area contributed by atoms with E-state index in [9.17, 15) is 0 Å². The Hall–Kier alpha value is -0.800. The third-order valence-corrected chi connectivity index (χ3v) is 2.38. The normalized spacial score (nSPS) is 22.3. The lowest BCUT2D eigenvalue weighted by Crippen LogP contribution is -2.84. The molecular formula is C10H16NO2+. The standard InChI is InChI=1S/C10H15NO2/c1-3-9(12-5-1)7-11-8-10-4-2-6-13-10/h1,3,5,10-11H,2,4,6-8H2/p+1/t10-/m1/s1. The van der Waals surface area contributed by atoms with Gasteiger partial charge in [-0.05, 0) is 25.0 Å². The third kappa shape index (κ3) is 2.57. The minimum Gasteiger partial charge on any atom is -0.463 e. The van der Waals surface area contributed by atoms with Crippen molar-refractivity contribution in [3.63, 3.8) is 0 Å². The van der Waals surface area contributed by atoms with Gasteiger partial charge in [0.1, 0.15) is 19.2 Å². The molecule has 3 heteroatoms. The van der Waals surface area contributed by atoms with E-state index in [4.69, 9.17) is 9.15 Å². The van der Waals surface area contributed by atoms with Crippen LogP contribution in [0, 0.1) is 0 Å². The average Bonchev–Trinajstić information content (AvgIpc) is 2.75. The van der Waals surface area contributed by atoms with Gasteiger partial charge >= 0.3 is 0 Å². The molecule has 1 aromatic heterocycles. The van der Waals surface area contributed by atoms with Crippen LogP contribution in [0.5, 0.6) is 0 Å². The summed E-state index contributed by atoms with van der Waals surface area (Å²) in [6, 6.07) is 3.93. The summed E-state index contributed by atoms with van der Waals surface area (Å²) in [4.78, 5) is 0. The van der Waals surface area contributed by atoms with Crippen LogP contribution in [0.15, 0.2) is 22.8 Å². The fraction of sp³-hybridized carbons (Fsp3) is 0.600. The van der Waals surface area contributed by atoms with Crippen LogP contribution in [0.4, 0.5) is 0 Å². The molecule has 0 bridgehead atoms. The highest BCUT2D eigenvalue weighted by Gasteiger charge is 2.16. The molecule has 0 unspecified atom stereocenters. The van der Waals surface area contributed by atoms with Crippen molar-refractivity contribution in [1.82, 2.24) is 0 Å². The van der Waals surface area contributed by atoms with Crippen molar-refractivity contribution in [3.05, 3.63) is 24.2 Å². The maximum absolute atomic E-state index is 5.51. The molecule has 72 valence electrons. The van der Waals surface area contributed by atoms with Crippen molar-refractivity contribution in [2.45, 2.75) is 25.5 Å². The van der Waals surface area contributed by atoms with Gasteiger partial charge in [0.2, 0.25) is 0 Å². The molecule has 0 spiro atoms. The molecule has 1 fully saturated rings. The van der Waals surface area contributed by atoms with Crippen molar-refractivity contribution in [1.29, 1.82) is 0 Å². The fourth-order valence-corrected chi connectivity index (χ4v) is 1.67.